The van der Waals surface area contributed by atoms with Crippen LogP contribution in [0.1, 0.15) is 17.9 Å². The van der Waals surface area contributed by atoms with Gasteiger partial charge in [0.25, 0.3) is 5.69 Å². The molecule has 0 bridgehead atoms. The molecule has 0 aromatic heterocycles. The maximum absolute atomic E-state index is 11.8. The van der Waals surface area contributed by atoms with Gasteiger partial charge in [0.05, 0.1) is 10.6 Å². The third-order valence-electron chi connectivity index (χ3n) is 4.26. The minimum absolute atomic E-state index is 0.0817. The number of sulfonamides is 1. The van der Waals surface area contributed by atoms with Gasteiger partial charge in [0.2, 0.25) is 10.0 Å². The molecule has 1 heterocycles. The highest BCUT2D eigenvalue weighted by molar-refractivity contribution is 7.89. The molecule has 24 heavy (non-hydrogen) atoms. The molecule has 0 amide bonds. The van der Waals surface area contributed by atoms with E-state index in [9.17, 15) is 18.5 Å². The molecule has 0 aliphatic carbocycles. The summed E-state index contributed by atoms with van der Waals surface area (Å²) in [5.41, 5.74) is 1.31. The molecular formula is C16H17N3O4S. The lowest BCUT2D eigenvalue weighted by atomic mass is 9.99. The van der Waals surface area contributed by atoms with E-state index in [0.717, 1.165) is 12.5 Å². The average molecular weight is 347 g/mol. The van der Waals surface area contributed by atoms with E-state index >= 15 is 0 Å². The molecule has 0 spiro atoms. The zero-order valence-electron chi connectivity index (χ0n) is 12.8. The number of hydrogen-bond acceptors (Lipinski definition) is 5. The van der Waals surface area contributed by atoms with Gasteiger partial charge < -0.3 is 4.90 Å². The van der Waals surface area contributed by atoms with Gasteiger partial charge in [0.1, 0.15) is 4.90 Å². The van der Waals surface area contributed by atoms with Crippen LogP contribution in [-0.2, 0) is 10.0 Å². The molecule has 2 aromatic carbocycles. The zero-order valence-corrected chi connectivity index (χ0v) is 13.6. The first-order valence-electron chi connectivity index (χ1n) is 7.47. The molecule has 3 rings (SSSR count). The number of nitro benzene ring substituents is 1. The second-order valence-corrected chi connectivity index (χ2v) is 7.33. The number of nitrogens with zero attached hydrogens (tertiary/aromatic N) is 2. The molecule has 0 radical (unpaired) electrons. The first kappa shape index (κ1) is 16.4. The van der Waals surface area contributed by atoms with E-state index in [1.807, 2.05) is 35.2 Å². The van der Waals surface area contributed by atoms with E-state index in [2.05, 4.69) is 0 Å². The SMILES string of the molecule is NS(=O)(=O)c1ccc([N+](=O)[O-])cc1N1CC[C@H](c2ccccc2)C1. The number of nitro groups is 1. The lowest BCUT2D eigenvalue weighted by Crippen LogP contribution is -2.24. The summed E-state index contributed by atoms with van der Waals surface area (Å²) in [6, 6.07) is 13.6. The summed E-state index contributed by atoms with van der Waals surface area (Å²) >= 11 is 0. The molecule has 126 valence electrons. The van der Waals surface area contributed by atoms with Gasteiger partial charge in [-0.05, 0) is 18.1 Å². The Morgan fingerprint density at radius 1 is 1.17 bits per heavy atom. The summed E-state index contributed by atoms with van der Waals surface area (Å²) in [4.78, 5) is 12.3. The minimum atomic E-state index is -3.96. The molecule has 0 unspecified atom stereocenters. The fourth-order valence-corrected chi connectivity index (χ4v) is 3.82. The van der Waals surface area contributed by atoms with Gasteiger partial charge in [0.15, 0.2) is 0 Å². The summed E-state index contributed by atoms with van der Waals surface area (Å²) in [6.07, 6.45) is 0.844. The van der Waals surface area contributed by atoms with E-state index in [0.29, 0.717) is 18.8 Å². The van der Waals surface area contributed by atoms with Crippen molar-refractivity contribution < 1.29 is 13.3 Å². The summed E-state index contributed by atoms with van der Waals surface area (Å²) in [6.45, 7) is 1.21. The normalized spacial score (nSPS) is 17.9. The Hall–Kier alpha value is -2.45. The lowest BCUT2D eigenvalue weighted by Gasteiger charge is -2.21. The average Bonchev–Trinajstić information content (AvgIpc) is 3.04. The van der Waals surface area contributed by atoms with Gasteiger partial charge in [-0.3, -0.25) is 10.1 Å². The van der Waals surface area contributed by atoms with E-state index in [-0.39, 0.29) is 16.5 Å². The van der Waals surface area contributed by atoms with E-state index in [4.69, 9.17) is 5.14 Å². The molecule has 1 aliphatic rings. The monoisotopic (exact) mass is 347 g/mol. The van der Waals surface area contributed by atoms with Crippen molar-refractivity contribution in [3.63, 3.8) is 0 Å². The third kappa shape index (κ3) is 3.24. The van der Waals surface area contributed by atoms with Crippen LogP contribution >= 0.6 is 0 Å². The highest BCUT2D eigenvalue weighted by Gasteiger charge is 2.29. The van der Waals surface area contributed by atoms with Crippen LogP contribution in [0, 0.1) is 10.1 Å². The molecular weight excluding hydrogens is 330 g/mol. The number of benzene rings is 2. The van der Waals surface area contributed by atoms with Crippen LogP contribution in [0.3, 0.4) is 0 Å². The van der Waals surface area contributed by atoms with Gasteiger partial charge in [-0.1, -0.05) is 30.3 Å². The Labute approximate surface area is 139 Å². The van der Waals surface area contributed by atoms with Crippen LogP contribution < -0.4 is 10.0 Å². The van der Waals surface area contributed by atoms with Crippen molar-refractivity contribution in [2.45, 2.75) is 17.2 Å². The smallest absolute Gasteiger partial charge is 0.271 e. The number of nitrogens with two attached hydrogens (primary N) is 1. The van der Waals surface area contributed by atoms with Crippen molar-refractivity contribution in [3.8, 4) is 0 Å². The first-order chi connectivity index (χ1) is 11.4. The maximum atomic E-state index is 11.8. The predicted octanol–water partition coefficient (Wildman–Crippen LogP) is 2.24. The van der Waals surface area contributed by atoms with Crippen molar-refractivity contribution in [2.75, 3.05) is 18.0 Å². The van der Waals surface area contributed by atoms with E-state index in [1.54, 1.807) is 0 Å². The molecule has 1 atom stereocenters. The largest absolute Gasteiger partial charge is 0.370 e. The van der Waals surface area contributed by atoms with Crippen LogP contribution in [0.2, 0.25) is 0 Å². The highest BCUT2D eigenvalue weighted by atomic mass is 32.2. The Bertz CT molecular complexity index is 868. The molecule has 8 heteroatoms. The number of hydrogen-bond donors (Lipinski definition) is 1. The van der Waals surface area contributed by atoms with Crippen molar-refractivity contribution in [3.05, 3.63) is 64.2 Å². The standard InChI is InChI=1S/C16H17N3O4S/c17-24(22,23)16-7-6-14(19(20)21)10-15(16)18-9-8-13(11-18)12-4-2-1-3-5-12/h1-7,10,13H,8-9,11H2,(H2,17,22,23)/t13-/m0/s1. The van der Waals surface area contributed by atoms with Crippen LogP contribution in [0.25, 0.3) is 0 Å². The molecule has 7 nitrogen and oxygen atoms in total. The molecule has 1 saturated heterocycles. The second kappa shape index (κ2) is 6.21. The Morgan fingerprint density at radius 2 is 1.88 bits per heavy atom. The first-order valence-corrected chi connectivity index (χ1v) is 9.02. The van der Waals surface area contributed by atoms with Gasteiger partial charge in [-0.2, -0.15) is 0 Å². The topological polar surface area (TPSA) is 107 Å². The lowest BCUT2D eigenvalue weighted by molar-refractivity contribution is -0.384. The Kier molecular flexibility index (Phi) is 4.25. The number of non-ortho nitro benzene ring substituents is 1. The Morgan fingerprint density at radius 3 is 2.50 bits per heavy atom. The van der Waals surface area contributed by atoms with Gasteiger partial charge >= 0.3 is 0 Å². The molecule has 0 saturated carbocycles. The third-order valence-corrected chi connectivity index (χ3v) is 5.22. The summed E-state index contributed by atoms with van der Waals surface area (Å²) < 4.78 is 23.6. The fraction of sp³-hybridized carbons (Fsp3) is 0.250. The van der Waals surface area contributed by atoms with Crippen LogP contribution in [0.5, 0.6) is 0 Å². The van der Waals surface area contributed by atoms with Gasteiger partial charge in [0, 0.05) is 31.1 Å². The predicted molar refractivity (Wildman–Crippen MR) is 90.5 cm³/mol. The van der Waals surface area contributed by atoms with E-state index < -0.39 is 14.9 Å². The van der Waals surface area contributed by atoms with Crippen molar-refractivity contribution in [1.29, 1.82) is 0 Å². The second-order valence-electron chi connectivity index (χ2n) is 5.80. The molecule has 2 N–H and O–H groups in total. The number of primary sulfonamides is 1. The number of anilines is 1. The van der Waals surface area contributed by atoms with Crippen molar-refractivity contribution in [2.24, 2.45) is 5.14 Å². The van der Waals surface area contributed by atoms with E-state index in [1.165, 1.54) is 17.7 Å². The van der Waals surface area contributed by atoms with Gasteiger partial charge in [-0.15, -0.1) is 0 Å². The Balaban J connectivity index is 1.97. The fourth-order valence-electron chi connectivity index (χ4n) is 3.08. The molecule has 1 aliphatic heterocycles. The van der Waals surface area contributed by atoms with Gasteiger partial charge in [-0.25, -0.2) is 13.6 Å². The van der Waals surface area contributed by atoms with Crippen LogP contribution in [-0.4, -0.2) is 26.4 Å². The molecule has 2 aromatic rings. The molecule has 1 fully saturated rings. The minimum Gasteiger partial charge on any atom is -0.370 e. The van der Waals surface area contributed by atoms with Crippen LogP contribution in [0.15, 0.2) is 53.4 Å². The summed E-state index contributed by atoms with van der Waals surface area (Å²) in [5.74, 6) is 0.249. The maximum Gasteiger partial charge on any atom is 0.271 e. The summed E-state index contributed by atoms with van der Waals surface area (Å²) in [5, 5.41) is 16.3. The van der Waals surface area contributed by atoms with Crippen molar-refractivity contribution in [1.82, 2.24) is 0 Å². The summed E-state index contributed by atoms with van der Waals surface area (Å²) in [7, 11) is -3.96. The zero-order chi connectivity index (χ0) is 17.3. The number of rotatable bonds is 4. The highest BCUT2D eigenvalue weighted by Crippen LogP contribution is 2.35. The van der Waals surface area contributed by atoms with Crippen molar-refractivity contribution >= 4 is 21.4 Å². The quantitative estimate of drug-likeness (QED) is 0.674. The van der Waals surface area contributed by atoms with Crippen LogP contribution in [0.4, 0.5) is 11.4 Å².